The second-order valence-electron chi connectivity index (χ2n) is 16.3. The molecule has 0 radical (unpaired) electrons. The number of amides is 3. The van der Waals surface area contributed by atoms with Crippen molar-refractivity contribution in [3.63, 3.8) is 0 Å². The Bertz CT molecular complexity index is 2210. The summed E-state index contributed by atoms with van der Waals surface area (Å²) in [6, 6.07) is 15.8. The van der Waals surface area contributed by atoms with Gasteiger partial charge >= 0.3 is 0 Å². The van der Waals surface area contributed by atoms with Crippen LogP contribution in [0.2, 0.25) is 0 Å². The fraction of sp³-hybridized carbons (Fsp3) is 0.455. The van der Waals surface area contributed by atoms with Crippen molar-refractivity contribution >= 4 is 29.4 Å². The largest absolute Gasteiger partial charge is 0.374 e. The van der Waals surface area contributed by atoms with E-state index in [-0.39, 0.29) is 65.1 Å². The first-order chi connectivity index (χ1) is 28.1. The predicted molar refractivity (Wildman–Crippen MR) is 217 cm³/mol. The summed E-state index contributed by atoms with van der Waals surface area (Å²) in [7, 11) is 0. The quantitative estimate of drug-likeness (QED) is 0.140. The van der Waals surface area contributed by atoms with E-state index in [4.69, 9.17) is 10.7 Å². The number of aromatic amines is 1. The summed E-state index contributed by atoms with van der Waals surface area (Å²) in [5, 5.41) is 5.40. The van der Waals surface area contributed by atoms with Gasteiger partial charge in [-0.25, -0.2) is 18.7 Å². The number of hydrogen-bond acceptors (Lipinski definition) is 9. The fourth-order valence-corrected chi connectivity index (χ4v) is 9.69. The molecule has 5 N–H and O–H groups in total. The topological polar surface area (TPSA) is 166 Å². The standard InChI is InChI=1S/C44H50F2N8O4/c45-36-24-30(50-38-16-17-39(55)51-43(38)58)8-15-34(36)26-18-21-53(22-19-26)31-11-13-33(14-12-31)54(32-9-6-27(7-10-32)41(47)56)44-49-25-37(46)40(52-44)29-4-1-3-28(23-29)35-5-2-20-48-42(35)57/h1-5,8,15,20,23-27,31-33,38,50H,6-7,9-14,16-19,21-22H2,(H2,47,56)(H,48,57)(H,51,55,58)/t27?,31?,32?,33?,38-/m0/s1. The van der Waals surface area contributed by atoms with Crippen LogP contribution in [-0.2, 0) is 14.4 Å². The van der Waals surface area contributed by atoms with E-state index >= 15 is 8.78 Å². The number of nitrogens with zero attached hydrogens (tertiary/aromatic N) is 4. The zero-order valence-electron chi connectivity index (χ0n) is 32.5. The van der Waals surface area contributed by atoms with Gasteiger partial charge in [0, 0.05) is 53.5 Å². The number of anilines is 2. The van der Waals surface area contributed by atoms with Crippen LogP contribution in [0.15, 0.2) is 71.8 Å². The Morgan fingerprint density at radius 3 is 2.24 bits per heavy atom. The number of carbonyl (C=O) groups is 3. The summed E-state index contributed by atoms with van der Waals surface area (Å²) in [5.41, 5.74) is 8.54. The maximum Gasteiger partial charge on any atom is 0.255 e. The van der Waals surface area contributed by atoms with Crippen LogP contribution in [0.1, 0.15) is 88.5 Å². The number of imide groups is 1. The molecule has 1 atom stereocenters. The maximum atomic E-state index is 15.6. The average Bonchev–Trinajstić information content (AvgIpc) is 3.23. The number of benzene rings is 2. The second-order valence-corrected chi connectivity index (χ2v) is 16.3. The van der Waals surface area contributed by atoms with E-state index in [2.05, 4.69) is 30.4 Å². The van der Waals surface area contributed by atoms with Gasteiger partial charge in [-0.05, 0) is 131 Å². The highest BCUT2D eigenvalue weighted by molar-refractivity contribution is 6.01. The number of nitrogens with one attached hydrogen (secondary N) is 3. The van der Waals surface area contributed by atoms with E-state index < -0.39 is 11.9 Å². The van der Waals surface area contributed by atoms with Crippen molar-refractivity contribution in [2.45, 2.75) is 107 Å². The lowest BCUT2D eigenvalue weighted by atomic mass is 9.82. The Kier molecular flexibility index (Phi) is 11.6. The van der Waals surface area contributed by atoms with Crippen LogP contribution in [0.5, 0.6) is 0 Å². The molecule has 0 spiro atoms. The minimum atomic E-state index is -0.567. The minimum absolute atomic E-state index is 0.0703. The lowest BCUT2D eigenvalue weighted by molar-refractivity contribution is -0.133. The van der Waals surface area contributed by atoms with Crippen LogP contribution in [0, 0.1) is 17.6 Å². The van der Waals surface area contributed by atoms with E-state index in [1.165, 1.54) is 12.3 Å². The molecule has 8 rings (SSSR count). The van der Waals surface area contributed by atoms with Gasteiger partial charge in [0.05, 0.1) is 6.20 Å². The van der Waals surface area contributed by atoms with E-state index in [1.807, 2.05) is 18.2 Å². The highest BCUT2D eigenvalue weighted by Crippen LogP contribution is 2.39. The van der Waals surface area contributed by atoms with E-state index in [0.29, 0.717) is 59.2 Å². The van der Waals surface area contributed by atoms with Gasteiger partial charge in [-0.3, -0.25) is 24.5 Å². The van der Waals surface area contributed by atoms with Gasteiger partial charge in [0.2, 0.25) is 23.7 Å². The number of likely N-dealkylation sites (tertiary alicyclic amines) is 1. The Hall–Kier alpha value is -5.50. The summed E-state index contributed by atoms with van der Waals surface area (Å²) < 4.78 is 31.0. The SMILES string of the molecule is NC(=O)C1CCC(N(c2ncc(F)c(-c3cccc(-c4ccc[nH]c4=O)c3)n2)C2CCC(N3CCC(c4ccc(N[C@H]5CCC(=O)NC5=O)cc4F)CC3)CC2)CC1. The number of H-pyrrole nitrogens is 1. The molecule has 12 nitrogen and oxygen atoms in total. The van der Waals surface area contributed by atoms with Gasteiger partial charge in [-0.2, -0.15) is 0 Å². The molecule has 2 saturated heterocycles. The third-order valence-corrected chi connectivity index (χ3v) is 12.8. The molecule has 304 valence electrons. The minimum Gasteiger partial charge on any atom is -0.374 e. The molecule has 0 bridgehead atoms. The first kappa shape index (κ1) is 39.3. The Morgan fingerprint density at radius 1 is 0.828 bits per heavy atom. The third kappa shape index (κ3) is 8.52. The zero-order valence-corrected chi connectivity index (χ0v) is 32.5. The molecule has 4 aliphatic rings. The van der Waals surface area contributed by atoms with Crippen LogP contribution in [0.4, 0.5) is 20.4 Å². The number of rotatable bonds is 10. The van der Waals surface area contributed by atoms with Crippen molar-refractivity contribution in [1.82, 2.24) is 25.2 Å². The summed E-state index contributed by atoms with van der Waals surface area (Å²) in [5.74, 6) is -1.38. The van der Waals surface area contributed by atoms with E-state index in [1.54, 1.807) is 36.5 Å². The lowest BCUT2D eigenvalue weighted by Crippen LogP contribution is -2.51. The smallest absolute Gasteiger partial charge is 0.255 e. The van der Waals surface area contributed by atoms with Crippen molar-refractivity contribution in [3.8, 4) is 22.4 Å². The van der Waals surface area contributed by atoms with Crippen LogP contribution in [-0.4, -0.2) is 74.8 Å². The van der Waals surface area contributed by atoms with Gasteiger partial charge in [0.25, 0.3) is 5.56 Å². The second kappa shape index (κ2) is 17.2. The molecule has 4 aromatic rings. The number of aromatic nitrogens is 3. The summed E-state index contributed by atoms with van der Waals surface area (Å²) >= 11 is 0. The molecule has 4 heterocycles. The number of primary amides is 1. The number of carbonyl (C=O) groups excluding carboxylic acids is 3. The Morgan fingerprint density at radius 2 is 1.55 bits per heavy atom. The molecular weight excluding hydrogens is 743 g/mol. The normalized spacial score (nSPS) is 24.6. The van der Waals surface area contributed by atoms with Gasteiger partial charge in [0.15, 0.2) is 5.82 Å². The Labute approximate surface area is 336 Å². The maximum absolute atomic E-state index is 15.6. The molecule has 2 aromatic heterocycles. The number of halogens is 2. The van der Waals surface area contributed by atoms with E-state index in [0.717, 1.165) is 64.5 Å². The van der Waals surface area contributed by atoms with Gasteiger partial charge in [-0.1, -0.05) is 24.3 Å². The number of pyridine rings is 1. The van der Waals surface area contributed by atoms with Crippen molar-refractivity contribution in [2.24, 2.45) is 11.7 Å². The van der Waals surface area contributed by atoms with Crippen molar-refractivity contribution < 1.29 is 23.2 Å². The Balaban J connectivity index is 0.939. The average molecular weight is 793 g/mol. The molecule has 2 saturated carbocycles. The van der Waals surface area contributed by atoms with Crippen molar-refractivity contribution in [3.05, 3.63) is 94.5 Å². The van der Waals surface area contributed by atoms with Crippen LogP contribution < -0.4 is 26.8 Å². The fourth-order valence-electron chi connectivity index (χ4n) is 9.69. The van der Waals surface area contributed by atoms with Gasteiger partial charge in [-0.15, -0.1) is 0 Å². The van der Waals surface area contributed by atoms with Crippen molar-refractivity contribution in [2.75, 3.05) is 23.3 Å². The highest BCUT2D eigenvalue weighted by atomic mass is 19.1. The summed E-state index contributed by atoms with van der Waals surface area (Å²) in [6.45, 7) is 1.74. The molecule has 58 heavy (non-hydrogen) atoms. The summed E-state index contributed by atoms with van der Waals surface area (Å²) in [4.78, 5) is 65.3. The third-order valence-electron chi connectivity index (χ3n) is 12.8. The molecule has 0 unspecified atom stereocenters. The molecule has 3 amide bonds. The molecule has 2 aliphatic carbocycles. The van der Waals surface area contributed by atoms with Gasteiger partial charge < -0.3 is 25.8 Å². The number of hydrogen-bond donors (Lipinski definition) is 4. The first-order valence-corrected chi connectivity index (χ1v) is 20.6. The van der Waals surface area contributed by atoms with Gasteiger partial charge in [0.1, 0.15) is 17.6 Å². The molecule has 4 fully saturated rings. The monoisotopic (exact) mass is 792 g/mol. The summed E-state index contributed by atoms with van der Waals surface area (Å²) in [6.07, 6.45) is 11.8. The number of nitrogens with two attached hydrogens (primary N) is 1. The van der Waals surface area contributed by atoms with E-state index in [9.17, 15) is 19.2 Å². The zero-order chi connectivity index (χ0) is 40.3. The highest BCUT2D eigenvalue weighted by Gasteiger charge is 2.38. The predicted octanol–water partition coefficient (Wildman–Crippen LogP) is 6.04. The molecule has 2 aliphatic heterocycles. The van der Waals surface area contributed by atoms with Crippen LogP contribution in [0.3, 0.4) is 0 Å². The number of piperidine rings is 2. The molecular formula is C44H50F2N8O4. The first-order valence-electron chi connectivity index (χ1n) is 20.6. The van der Waals surface area contributed by atoms with Crippen molar-refractivity contribution in [1.29, 1.82) is 0 Å². The van der Waals surface area contributed by atoms with Crippen LogP contribution in [0.25, 0.3) is 22.4 Å². The molecule has 14 heteroatoms. The lowest BCUT2D eigenvalue weighted by Gasteiger charge is -2.46. The molecule has 2 aromatic carbocycles. The van der Waals surface area contributed by atoms with Crippen LogP contribution >= 0.6 is 0 Å².